The monoisotopic (exact) mass is 402 g/mol. The van der Waals surface area contributed by atoms with Crippen LogP contribution in [0.25, 0.3) is 5.69 Å². The normalized spacial score (nSPS) is 19.5. The van der Waals surface area contributed by atoms with Crippen LogP contribution < -0.4 is 10.6 Å². The Bertz CT molecular complexity index is 862. The summed E-state index contributed by atoms with van der Waals surface area (Å²) >= 11 is 6.06. The van der Waals surface area contributed by atoms with Crippen molar-refractivity contribution in [2.24, 2.45) is 5.92 Å². The molecule has 2 N–H and O–H groups in total. The summed E-state index contributed by atoms with van der Waals surface area (Å²) in [5.74, 6) is -0.115. The average molecular weight is 403 g/mol. The number of nitrogens with zero attached hydrogens (tertiary/aromatic N) is 2. The van der Waals surface area contributed by atoms with E-state index in [4.69, 9.17) is 11.6 Å². The Balaban J connectivity index is 1.67. The lowest BCUT2D eigenvalue weighted by molar-refractivity contribution is -0.126. The number of amides is 2. The molecule has 3 rings (SSSR count). The van der Waals surface area contributed by atoms with Gasteiger partial charge in [0.05, 0.1) is 23.1 Å². The maximum atomic E-state index is 12.8. The van der Waals surface area contributed by atoms with Crippen molar-refractivity contribution in [2.45, 2.75) is 58.5 Å². The van der Waals surface area contributed by atoms with Gasteiger partial charge in [0.1, 0.15) is 0 Å². The molecule has 0 bridgehead atoms. The van der Waals surface area contributed by atoms with Gasteiger partial charge in [-0.15, -0.1) is 0 Å². The molecule has 1 fully saturated rings. The highest BCUT2D eigenvalue weighted by Crippen LogP contribution is 2.25. The van der Waals surface area contributed by atoms with Crippen LogP contribution in [0.15, 0.2) is 30.5 Å². The van der Waals surface area contributed by atoms with Crippen molar-refractivity contribution in [3.63, 3.8) is 0 Å². The van der Waals surface area contributed by atoms with E-state index in [1.54, 1.807) is 16.9 Å². The standard InChI is InChI=1S/C21H27ClN4O2/c1-13(2)24-20(27)15-6-4-8-17(10-15)25-21(28)19-12-23-26(14(19)3)18-9-5-7-16(22)11-18/h5,7,9,11-13,15,17H,4,6,8,10H2,1-3H3,(H,24,27)(H,25,28). The van der Waals surface area contributed by atoms with E-state index in [0.29, 0.717) is 17.0 Å². The second kappa shape index (κ2) is 8.78. The fourth-order valence-corrected chi connectivity index (χ4v) is 3.91. The van der Waals surface area contributed by atoms with Gasteiger partial charge in [-0.1, -0.05) is 24.1 Å². The predicted octanol–water partition coefficient (Wildman–Crippen LogP) is 3.65. The maximum Gasteiger partial charge on any atom is 0.254 e. The van der Waals surface area contributed by atoms with Gasteiger partial charge in [-0.25, -0.2) is 4.68 Å². The summed E-state index contributed by atoms with van der Waals surface area (Å²) in [7, 11) is 0. The van der Waals surface area contributed by atoms with Gasteiger partial charge in [-0.2, -0.15) is 5.10 Å². The first-order chi connectivity index (χ1) is 13.3. The quantitative estimate of drug-likeness (QED) is 0.801. The molecule has 1 aliphatic rings. The molecule has 1 saturated carbocycles. The topological polar surface area (TPSA) is 76.0 Å². The minimum atomic E-state index is -0.152. The van der Waals surface area contributed by atoms with Crippen molar-refractivity contribution >= 4 is 23.4 Å². The predicted molar refractivity (Wildman–Crippen MR) is 110 cm³/mol. The number of carbonyl (C=O) groups is 2. The van der Waals surface area contributed by atoms with Gasteiger partial charge in [0, 0.05) is 23.0 Å². The van der Waals surface area contributed by atoms with Gasteiger partial charge < -0.3 is 10.6 Å². The largest absolute Gasteiger partial charge is 0.354 e. The first-order valence-electron chi connectivity index (χ1n) is 9.77. The second-order valence-corrected chi connectivity index (χ2v) is 8.17. The van der Waals surface area contributed by atoms with E-state index in [-0.39, 0.29) is 29.8 Å². The minimum Gasteiger partial charge on any atom is -0.354 e. The van der Waals surface area contributed by atoms with Crippen LogP contribution in [0.1, 0.15) is 55.6 Å². The lowest BCUT2D eigenvalue weighted by Gasteiger charge is -2.29. The van der Waals surface area contributed by atoms with Crippen molar-refractivity contribution in [1.82, 2.24) is 20.4 Å². The van der Waals surface area contributed by atoms with Crippen LogP contribution >= 0.6 is 11.6 Å². The van der Waals surface area contributed by atoms with Crippen molar-refractivity contribution in [2.75, 3.05) is 0 Å². The summed E-state index contributed by atoms with van der Waals surface area (Å²) in [4.78, 5) is 25.1. The van der Waals surface area contributed by atoms with E-state index < -0.39 is 0 Å². The highest BCUT2D eigenvalue weighted by Gasteiger charge is 2.29. The van der Waals surface area contributed by atoms with Crippen LogP contribution in [-0.4, -0.2) is 33.7 Å². The Morgan fingerprint density at radius 2 is 2.07 bits per heavy atom. The first kappa shape index (κ1) is 20.4. The van der Waals surface area contributed by atoms with Crippen molar-refractivity contribution < 1.29 is 9.59 Å². The molecule has 7 heteroatoms. The van der Waals surface area contributed by atoms with E-state index in [2.05, 4.69) is 15.7 Å². The molecule has 2 unspecified atom stereocenters. The third-order valence-electron chi connectivity index (χ3n) is 5.12. The van der Waals surface area contributed by atoms with Crippen molar-refractivity contribution in [1.29, 1.82) is 0 Å². The lowest BCUT2D eigenvalue weighted by atomic mass is 9.85. The Morgan fingerprint density at radius 3 is 2.79 bits per heavy atom. The molecule has 0 spiro atoms. The third kappa shape index (κ3) is 4.73. The summed E-state index contributed by atoms with van der Waals surface area (Å²) in [5, 5.41) is 11.0. The zero-order valence-electron chi connectivity index (χ0n) is 16.5. The number of halogens is 1. The number of carbonyl (C=O) groups excluding carboxylic acids is 2. The fourth-order valence-electron chi connectivity index (χ4n) is 3.73. The van der Waals surface area contributed by atoms with Crippen LogP contribution in [-0.2, 0) is 4.79 Å². The van der Waals surface area contributed by atoms with Gasteiger partial charge >= 0.3 is 0 Å². The van der Waals surface area contributed by atoms with E-state index >= 15 is 0 Å². The van der Waals surface area contributed by atoms with Crippen LogP contribution in [0.2, 0.25) is 5.02 Å². The highest BCUT2D eigenvalue weighted by atomic mass is 35.5. The van der Waals surface area contributed by atoms with Gasteiger partial charge in [0.25, 0.3) is 5.91 Å². The van der Waals surface area contributed by atoms with Gasteiger partial charge in [0.15, 0.2) is 0 Å². The molecule has 1 aromatic carbocycles. The molecule has 1 aliphatic carbocycles. The Kier molecular flexibility index (Phi) is 6.39. The molecule has 2 amide bonds. The van der Waals surface area contributed by atoms with Gasteiger partial charge in [-0.3, -0.25) is 9.59 Å². The molecule has 0 radical (unpaired) electrons. The summed E-state index contributed by atoms with van der Waals surface area (Å²) in [6.07, 6.45) is 4.94. The summed E-state index contributed by atoms with van der Waals surface area (Å²) in [5.41, 5.74) is 2.10. The number of rotatable bonds is 5. The van der Waals surface area contributed by atoms with E-state index in [1.165, 1.54) is 0 Å². The third-order valence-corrected chi connectivity index (χ3v) is 5.35. The zero-order valence-corrected chi connectivity index (χ0v) is 17.3. The molecule has 150 valence electrons. The number of aromatic nitrogens is 2. The smallest absolute Gasteiger partial charge is 0.254 e. The molecule has 6 nitrogen and oxygen atoms in total. The average Bonchev–Trinajstić information content (AvgIpc) is 3.03. The molecule has 2 aromatic rings. The first-order valence-corrected chi connectivity index (χ1v) is 10.1. The molecular formula is C21H27ClN4O2. The van der Waals surface area contributed by atoms with E-state index in [0.717, 1.165) is 30.6 Å². The van der Waals surface area contributed by atoms with Crippen molar-refractivity contribution in [3.8, 4) is 5.69 Å². The molecule has 1 aromatic heterocycles. The number of hydrogen-bond acceptors (Lipinski definition) is 3. The summed E-state index contributed by atoms with van der Waals surface area (Å²) in [6, 6.07) is 7.48. The van der Waals surface area contributed by atoms with Crippen LogP contribution in [0.4, 0.5) is 0 Å². The van der Waals surface area contributed by atoms with Gasteiger partial charge in [-0.05, 0) is 58.2 Å². The Labute approximate surface area is 170 Å². The molecule has 2 atom stereocenters. The van der Waals surface area contributed by atoms with Crippen LogP contribution in [0.5, 0.6) is 0 Å². The second-order valence-electron chi connectivity index (χ2n) is 7.73. The van der Waals surface area contributed by atoms with Crippen LogP contribution in [0, 0.1) is 12.8 Å². The van der Waals surface area contributed by atoms with Gasteiger partial charge in [0.2, 0.25) is 5.91 Å². The maximum absolute atomic E-state index is 12.8. The molecule has 0 aliphatic heterocycles. The molecule has 28 heavy (non-hydrogen) atoms. The zero-order chi connectivity index (χ0) is 20.3. The van der Waals surface area contributed by atoms with E-state index in [9.17, 15) is 9.59 Å². The number of hydrogen-bond donors (Lipinski definition) is 2. The van der Waals surface area contributed by atoms with Crippen molar-refractivity contribution in [3.05, 3.63) is 46.7 Å². The number of benzene rings is 1. The lowest BCUT2D eigenvalue weighted by Crippen LogP contribution is -2.43. The fraction of sp³-hybridized carbons (Fsp3) is 0.476. The molecular weight excluding hydrogens is 376 g/mol. The summed E-state index contributed by atoms with van der Waals surface area (Å²) in [6.45, 7) is 5.78. The number of nitrogens with one attached hydrogen (secondary N) is 2. The minimum absolute atomic E-state index is 0.00178. The summed E-state index contributed by atoms with van der Waals surface area (Å²) < 4.78 is 1.71. The highest BCUT2D eigenvalue weighted by molar-refractivity contribution is 6.30. The molecule has 0 saturated heterocycles. The molecule has 1 heterocycles. The Hall–Kier alpha value is -2.34. The Morgan fingerprint density at radius 1 is 1.29 bits per heavy atom. The van der Waals surface area contributed by atoms with E-state index in [1.807, 2.05) is 39.0 Å². The SMILES string of the molecule is Cc1c(C(=O)NC2CCCC(C(=O)NC(C)C)C2)cnn1-c1cccc(Cl)c1. The van der Waals surface area contributed by atoms with Crippen LogP contribution in [0.3, 0.4) is 0 Å².